The van der Waals surface area contributed by atoms with Gasteiger partial charge >= 0.3 is 0 Å². The van der Waals surface area contributed by atoms with Gasteiger partial charge in [0.2, 0.25) is 0 Å². The fourth-order valence-corrected chi connectivity index (χ4v) is 10.6. The predicted octanol–water partition coefficient (Wildman–Crippen LogP) is 17.4. The van der Waals surface area contributed by atoms with Crippen LogP contribution in [0.1, 0.15) is 47.6 Å². The summed E-state index contributed by atoms with van der Waals surface area (Å²) in [6.45, 7) is 4.78. The van der Waals surface area contributed by atoms with Crippen molar-refractivity contribution in [1.29, 1.82) is 0 Å². The van der Waals surface area contributed by atoms with Gasteiger partial charge in [-0.2, -0.15) is 0 Å². The topological polar surface area (TPSA) is 13.1 Å². The molecular formula is C64H46O. The lowest BCUT2D eigenvalue weighted by Gasteiger charge is -2.25. The van der Waals surface area contributed by atoms with E-state index in [2.05, 4.69) is 244 Å². The molecule has 0 fully saturated rings. The van der Waals surface area contributed by atoms with Crippen molar-refractivity contribution < 1.29 is 4.42 Å². The number of rotatable bonds is 8. The van der Waals surface area contributed by atoms with Crippen molar-refractivity contribution >= 4 is 21.9 Å². The minimum absolute atomic E-state index is 0.0119. The number of furan rings is 1. The van der Waals surface area contributed by atoms with Crippen molar-refractivity contribution in [3.63, 3.8) is 0 Å². The molecule has 12 rings (SSSR count). The summed E-state index contributed by atoms with van der Waals surface area (Å²) in [6, 6.07) is 86.6. The summed E-state index contributed by atoms with van der Waals surface area (Å²) in [5, 5.41) is 2.30. The molecule has 1 nitrogen and oxygen atoms in total. The fourth-order valence-electron chi connectivity index (χ4n) is 10.6. The van der Waals surface area contributed by atoms with Crippen LogP contribution in [0.25, 0.3) is 88.7 Å². The zero-order chi connectivity index (χ0) is 43.5. The van der Waals surface area contributed by atoms with Gasteiger partial charge < -0.3 is 4.42 Å². The number of para-hydroxylation sites is 2. The second-order valence-corrected chi connectivity index (χ2v) is 18.0. The SMILES string of the molecule is CC1(C)c2cc(-c3cccc4c3oc3ccccc34)ccc2-c2ccc(C(c3ccc(-c4ccccc4-c4ccccc4)cc3)c3ccc(-c4ccccc4-c4ccccc4)cc3)cc21. The Morgan fingerprint density at radius 1 is 0.308 bits per heavy atom. The maximum absolute atomic E-state index is 6.51. The third kappa shape index (κ3) is 6.62. The molecule has 65 heavy (non-hydrogen) atoms. The van der Waals surface area contributed by atoms with E-state index in [0.717, 1.165) is 27.5 Å². The minimum atomic E-state index is -0.223. The minimum Gasteiger partial charge on any atom is -0.455 e. The molecule has 0 unspecified atom stereocenters. The lowest BCUT2D eigenvalue weighted by Crippen LogP contribution is -2.16. The zero-order valence-electron chi connectivity index (χ0n) is 36.5. The first-order valence-corrected chi connectivity index (χ1v) is 22.7. The molecular weight excluding hydrogens is 785 g/mol. The summed E-state index contributed by atoms with van der Waals surface area (Å²) in [4.78, 5) is 0. The van der Waals surface area contributed by atoms with Crippen LogP contribution >= 0.6 is 0 Å². The van der Waals surface area contributed by atoms with E-state index >= 15 is 0 Å². The van der Waals surface area contributed by atoms with E-state index in [1.54, 1.807) is 0 Å². The zero-order valence-corrected chi connectivity index (χ0v) is 36.5. The molecule has 0 saturated carbocycles. The maximum atomic E-state index is 6.51. The van der Waals surface area contributed by atoms with Crippen LogP contribution in [0.5, 0.6) is 0 Å². The summed E-state index contributed by atoms with van der Waals surface area (Å²) >= 11 is 0. The molecule has 0 atom stereocenters. The van der Waals surface area contributed by atoms with Gasteiger partial charge in [0.25, 0.3) is 0 Å². The second kappa shape index (κ2) is 15.7. The number of hydrogen-bond acceptors (Lipinski definition) is 1. The highest BCUT2D eigenvalue weighted by molar-refractivity contribution is 6.09. The Morgan fingerprint density at radius 2 is 0.723 bits per heavy atom. The molecule has 1 aromatic heterocycles. The Kier molecular flexibility index (Phi) is 9.31. The first-order chi connectivity index (χ1) is 32.0. The predicted molar refractivity (Wildman–Crippen MR) is 272 cm³/mol. The van der Waals surface area contributed by atoms with E-state index in [9.17, 15) is 0 Å². The van der Waals surface area contributed by atoms with Gasteiger partial charge in [-0.1, -0.05) is 238 Å². The smallest absolute Gasteiger partial charge is 0.143 e. The molecule has 0 N–H and O–H groups in total. The van der Waals surface area contributed by atoms with Crippen molar-refractivity contribution in [2.45, 2.75) is 25.2 Å². The van der Waals surface area contributed by atoms with Crippen LogP contribution in [0.4, 0.5) is 0 Å². The van der Waals surface area contributed by atoms with Crippen LogP contribution in [0.15, 0.2) is 241 Å². The highest BCUT2D eigenvalue weighted by Gasteiger charge is 2.37. The van der Waals surface area contributed by atoms with E-state index < -0.39 is 0 Å². The van der Waals surface area contributed by atoms with Crippen molar-refractivity contribution in [2.75, 3.05) is 0 Å². The van der Waals surface area contributed by atoms with Crippen LogP contribution in [0.2, 0.25) is 0 Å². The van der Waals surface area contributed by atoms with Gasteiger partial charge in [-0.15, -0.1) is 0 Å². The highest BCUT2D eigenvalue weighted by atomic mass is 16.3. The maximum Gasteiger partial charge on any atom is 0.143 e. The van der Waals surface area contributed by atoms with E-state index in [4.69, 9.17) is 4.42 Å². The molecule has 1 heteroatoms. The first kappa shape index (κ1) is 38.7. The van der Waals surface area contributed by atoms with Crippen molar-refractivity contribution in [2.24, 2.45) is 0 Å². The van der Waals surface area contributed by atoms with Gasteiger partial charge in [0.15, 0.2) is 0 Å². The third-order valence-corrected chi connectivity index (χ3v) is 13.9. The summed E-state index contributed by atoms with van der Waals surface area (Å²) in [6.07, 6.45) is 0. The molecule has 1 heterocycles. The Morgan fingerprint density at radius 3 is 1.29 bits per heavy atom. The van der Waals surface area contributed by atoms with Crippen molar-refractivity contribution in [3.8, 4) is 66.8 Å². The molecule has 0 saturated heterocycles. The monoisotopic (exact) mass is 830 g/mol. The van der Waals surface area contributed by atoms with Gasteiger partial charge in [-0.05, 0) is 101 Å². The van der Waals surface area contributed by atoms with Gasteiger partial charge in [0, 0.05) is 27.7 Å². The Hall–Kier alpha value is -8.00. The lowest BCUT2D eigenvalue weighted by atomic mass is 9.78. The number of fused-ring (bicyclic) bond motifs is 6. The number of hydrogen-bond donors (Lipinski definition) is 0. The molecule has 1 aliphatic carbocycles. The Balaban J connectivity index is 0.952. The summed E-state index contributed by atoms with van der Waals surface area (Å²) < 4.78 is 6.51. The Bertz CT molecular complexity index is 3410. The standard InChI is InChI=1S/C64H46O/c1-64(2)59-40-48(54-25-15-26-58-57-24-13-14-27-61(57)65-63(54)58)36-38-55(59)56-39-37-49(41-60(56)64)62(46-32-28-44(29-33-46)52-22-11-9-20-50(52)42-16-5-3-6-17-42)47-34-30-45(31-35-47)53-23-12-10-21-51(53)43-18-7-4-8-19-43/h3-41,62H,1-2H3. The van der Waals surface area contributed by atoms with Crippen LogP contribution in [-0.4, -0.2) is 0 Å². The molecule has 0 bridgehead atoms. The molecule has 0 spiro atoms. The Labute approximate surface area is 380 Å². The number of benzene rings is 10. The van der Waals surface area contributed by atoms with Gasteiger partial charge in [-0.25, -0.2) is 0 Å². The fraction of sp³-hybridized carbons (Fsp3) is 0.0625. The quantitative estimate of drug-likeness (QED) is 0.139. The van der Waals surface area contributed by atoms with E-state index in [1.165, 1.54) is 89.0 Å². The second-order valence-electron chi connectivity index (χ2n) is 18.0. The van der Waals surface area contributed by atoms with E-state index in [-0.39, 0.29) is 11.3 Å². The van der Waals surface area contributed by atoms with Gasteiger partial charge in [0.1, 0.15) is 11.2 Å². The summed E-state index contributed by atoms with van der Waals surface area (Å²) in [5.74, 6) is 0.0119. The largest absolute Gasteiger partial charge is 0.455 e. The van der Waals surface area contributed by atoms with Crippen molar-refractivity contribution in [3.05, 3.63) is 264 Å². The molecule has 10 aromatic carbocycles. The average Bonchev–Trinajstić information content (AvgIpc) is 3.86. The molecule has 0 radical (unpaired) electrons. The summed E-state index contributed by atoms with van der Waals surface area (Å²) in [5.41, 5.74) is 22.9. The van der Waals surface area contributed by atoms with Crippen LogP contribution < -0.4 is 0 Å². The average molecular weight is 831 g/mol. The van der Waals surface area contributed by atoms with E-state index in [0.29, 0.717) is 0 Å². The van der Waals surface area contributed by atoms with Crippen LogP contribution in [-0.2, 0) is 5.41 Å². The van der Waals surface area contributed by atoms with Crippen LogP contribution in [0, 0.1) is 0 Å². The van der Waals surface area contributed by atoms with Gasteiger partial charge in [-0.3, -0.25) is 0 Å². The van der Waals surface area contributed by atoms with Gasteiger partial charge in [0.05, 0.1) is 0 Å². The molecule has 308 valence electrons. The molecule has 0 aliphatic heterocycles. The lowest BCUT2D eigenvalue weighted by molar-refractivity contribution is 0.658. The summed E-state index contributed by atoms with van der Waals surface area (Å²) in [7, 11) is 0. The van der Waals surface area contributed by atoms with Crippen molar-refractivity contribution in [1.82, 2.24) is 0 Å². The molecule has 0 amide bonds. The van der Waals surface area contributed by atoms with Crippen LogP contribution in [0.3, 0.4) is 0 Å². The first-order valence-electron chi connectivity index (χ1n) is 22.7. The normalized spacial score (nSPS) is 12.7. The third-order valence-electron chi connectivity index (χ3n) is 13.9. The van der Waals surface area contributed by atoms with E-state index in [1.807, 2.05) is 6.07 Å². The highest BCUT2D eigenvalue weighted by Crippen LogP contribution is 2.52. The molecule has 1 aliphatic rings. The molecule has 11 aromatic rings.